The van der Waals surface area contributed by atoms with Crippen molar-refractivity contribution >= 4 is 11.9 Å². The van der Waals surface area contributed by atoms with Gasteiger partial charge in [0.05, 0.1) is 24.3 Å². The van der Waals surface area contributed by atoms with Crippen LogP contribution in [-0.2, 0) is 17.1 Å². The molecule has 4 aromatic rings. The Labute approximate surface area is 271 Å². The number of carboxylic acid groups (broad SMARTS) is 1. The summed E-state index contributed by atoms with van der Waals surface area (Å²) in [6.45, 7) is 3.49. The minimum Gasteiger partial charge on any atom is -0.481 e. The highest BCUT2D eigenvalue weighted by Crippen LogP contribution is 2.51. The zero-order chi connectivity index (χ0) is 34.7. The first-order valence-electron chi connectivity index (χ1n) is 15.0. The number of benzene rings is 2. The molecule has 2 aliphatic heterocycles. The first-order valence-corrected chi connectivity index (χ1v) is 15.0. The molecule has 2 aromatic carbocycles. The van der Waals surface area contributed by atoms with Gasteiger partial charge in [-0.25, -0.2) is 9.78 Å². The van der Waals surface area contributed by atoms with Gasteiger partial charge in [0.15, 0.2) is 0 Å². The molecule has 0 bridgehead atoms. The van der Waals surface area contributed by atoms with Crippen LogP contribution in [0.15, 0.2) is 60.9 Å². The number of pyridine rings is 2. The second-order valence-corrected chi connectivity index (χ2v) is 12.1. The van der Waals surface area contributed by atoms with E-state index in [4.69, 9.17) is 4.74 Å². The van der Waals surface area contributed by atoms with Crippen LogP contribution >= 0.6 is 0 Å². The van der Waals surface area contributed by atoms with Crippen LogP contribution in [0.4, 0.5) is 26.3 Å². The quantitative estimate of drug-likeness (QED) is 0.208. The fourth-order valence-corrected chi connectivity index (χ4v) is 7.25. The number of hydrogen-bond donors (Lipinski definition) is 1. The van der Waals surface area contributed by atoms with Gasteiger partial charge in [0.1, 0.15) is 5.69 Å². The molecule has 2 aromatic heterocycles. The fraction of sp³-hybridized carbons (Fsp3) is 0.314. The molecule has 2 fully saturated rings. The third kappa shape index (κ3) is 5.86. The second-order valence-electron chi connectivity index (χ2n) is 12.1. The van der Waals surface area contributed by atoms with Gasteiger partial charge >= 0.3 is 18.3 Å². The summed E-state index contributed by atoms with van der Waals surface area (Å²) in [6.07, 6.45) is -6.24. The number of carboxylic acids is 1. The molecule has 0 unspecified atom stereocenters. The lowest BCUT2D eigenvalue weighted by Gasteiger charge is -2.29. The van der Waals surface area contributed by atoms with Crippen molar-refractivity contribution in [3.05, 3.63) is 100.0 Å². The molecule has 1 amide bonds. The number of nitrogens with zero attached hydrogens (tertiary/aromatic N) is 3. The first kappa shape index (κ1) is 33.0. The first-order chi connectivity index (χ1) is 22.6. The molecule has 0 aliphatic carbocycles. The largest absolute Gasteiger partial charge is 0.481 e. The Morgan fingerprint density at radius 3 is 2.25 bits per heavy atom. The van der Waals surface area contributed by atoms with Crippen LogP contribution < -0.4 is 4.74 Å². The molecule has 6 rings (SSSR count). The van der Waals surface area contributed by atoms with Crippen LogP contribution in [0.25, 0.3) is 22.3 Å². The molecule has 1 N–H and O–H groups in total. The Kier molecular flexibility index (Phi) is 8.20. The number of aromatic carboxylic acids is 1. The van der Waals surface area contributed by atoms with E-state index < -0.39 is 47.6 Å². The van der Waals surface area contributed by atoms with Crippen LogP contribution in [0.5, 0.6) is 5.88 Å². The summed E-state index contributed by atoms with van der Waals surface area (Å²) in [5, 5.41) is 9.49. The Hall–Kier alpha value is -4.94. The van der Waals surface area contributed by atoms with Crippen molar-refractivity contribution in [2.45, 2.75) is 63.5 Å². The van der Waals surface area contributed by atoms with Crippen molar-refractivity contribution in [2.75, 3.05) is 7.11 Å². The van der Waals surface area contributed by atoms with Crippen LogP contribution in [0, 0.1) is 13.8 Å². The van der Waals surface area contributed by atoms with Crippen molar-refractivity contribution in [2.24, 2.45) is 0 Å². The molecule has 2 aliphatic rings. The van der Waals surface area contributed by atoms with E-state index in [2.05, 4.69) is 9.97 Å². The Morgan fingerprint density at radius 1 is 0.917 bits per heavy atom. The van der Waals surface area contributed by atoms with Gasteiger partial charge in [-0.15, -0.1) is 0 Å². The summed E-state index contributed by atoms with van der Waals surface area (Å²) in [7, 11) is 1.37. The summed E-state index contributed by atoms with van der Waals surface area (Å²) in [4.78, 5) is 34.5. The minimum absolute atomic E-state index is 0.0952. The van der Waals surface area contributed by atoms with Gasteiger partial charge in [-0.2, -0.15) is 26.3 Å². The number of carbonyl (C=O) groups excluding carboxylic acids is 1. The Morgan fingerprint density at radius 2 is 1.62 bits per heavy atom. The molecule has 0 spiro atoms. The highest BCUT2D eigenvalue weighted by atomic mass is 19.4. The zero-order valence-electron chi connectivity index (χ0n) is 25.9. The van der Waals surface area contributed by atoms with Crippen molar-refractivity contribution in [3.8, 4) is 28.1 Å². The van der Waals surface area contributed by atoms with E-state index in [1.54, 1.807) is 19.9 Å². The Bertz CT molecular complexity index is 1920. The molecule has 250 valence electrons. The van der Waals surface area contributed by atoms with Crippen LogP contribution in [0.1, 0.15) is 75.1 Å². The molecule has 0 radical (unpaired) electrons. The number of ether oxygens (including phenoxy) is 1. The van der Waals surface area contributed by atoms with Crippen molar-refractivity contribution in [1.29, 1.82) is 0 Å². The number of carbonyl (C=O) groups is 2. The van der Waals surface area contributed by atoms with Gasteiger partial charge < -0.3 is 14.7 Å². The SMILES string of the molecule is COc1ncc(-c2c(C)cc(C(=O)O)cc2C)cc1-c1ccc(C(F)(F)F)cc1[C@@H]1CC[C@H]2[C@@H](c3ccnc(C(F)(F)F)c3)CC(=O)N12. The van der Waals surface area contributed by atoms with Crippen LogP contribution in [-0.4, -0.2) is 45.0 Å². The molecule has 7 nitrogen and oxygen atoms in total. The third-order valence-corrected chi connectivity index (χ3v) is 9.22. The van der Waals surface area contributed by atoms with Gasteiger partial charge in [0, 0.05) is 41.9 Å². The second kappa shape index (κ2) is 11.9. The van der Waals surface area contributed by atoms with Crippen molar-refractivity contribution in [1.82, 2.24) is 14.9 Å². The average Bonchev–Trinajstić information content (AvgIpc) is 3.60. The van der Waals surface area contributed by atoms with Crippen molar-refractivity contribution in [3.63, 3.8) is 0 Å². The molecule has 0 saturated carbocycles. The maximum absolute atomic E-state index is 14.1. The molecule has 48 heavy (non-hydrogen) atoms. The number of halogens is 6. The van der Waals surface area contributed by atoms with Gasteiger partial charge in [-0.3, -0.25) is 9.78 Å². The van der Waals surface area contributed by atoms with Crippen LogP contribution in [0.2, 0.25) is 0 Å². The lowest BCUT2D eigenvalue weighted by Crippen LogP contribution is -2.31. The number of hydrogen-bond acceptors (Lipinski definition) is 5. The lowest BCUT2D eigenvalue weighted by atomic mass is 9.88. The summed E-state index contributed by atoms with van der Waals surface area (Å²) < 4.78 is 88.2. The molecule has 2 saturated heterocycles. The summed E-state index contributed by atoms with van der Waals surface area (Å²) in [5.41, 5.74) is 1.87. The minimum atomic E-state index is -4.70. The number of aromatic nitrogens is 2. The summed E-state index contributed by atoms with van der Waals surface area (Å²) in [6, 6.07) is 9.07. The van der Waals surface area contributed by atoms with E-state index in [0.29, 0.717) is 45.4 Å². The number of fused-ring (bicyclic) bond motifs is 1. The zero-order valence-corrected chi connectivity index (χ0v) is 25.9. The molecule has 13 heteroatoms. The monoisotopic (exact) mass is 669 g/mol. The van der Waals surface area contributed by atoms with Gasteiger partial charge in [0.2, 0.25) is 11.8 Å². The summed E-state index contributed by atoms with van der Waals surface area (Å²) >= 11 is 0. The molecular formula is C35H29F6N3O4. The van der Waals surface area contributed by atoms with E-state index in [-0.39, 0.29) is 35.8 Å². The molecular weight excluding hydrogens is 640 g/mol. The standard InChI is InChI=1S/C35H29F6N3O4/c1-17-10-20(33(46)47)11-18(2)31(17)21-12-26(32(48-3)43-16-21)23-5-4-22(34(36,37)38)14-25(23)28-7-6-27-24(15-30(45)44(27)28)19-8-9-42-29(13-19)35(39,40)41/h4-5,8-14,16,24,27-28H,6-7,15H2,1-3H3,(H,46,47)/t24-,27+,28+/m1/s1. The number of amides is 1. The average molecular weight is 670 g/mol. The van der Waals surface area contributed by atoms with Gasteiger partial charge in [0.25, 0.3) is 0 Å². The van der Waals surface area contributed by atoms with Gasteiger partial charge in [-0.1, -0.05) is 6.07 Å². The smallest absolute Gasteiger partial charge is 0.433 e. The molecule has 4 heterocycles. The van der Waals surface area contributed by atoms with Gasteiger partial charge in [-0.05, 0) is 103 Å². The number of aryl methyl sites for hydroxylation is 2. The van der Waals surface area contributed by atoms with Crippen molar-refractivity contribution < 1.29 is 45.8 Å². The highest BCUT2D eigenvalue weighted by Gasteiger charge is 2.49. The topological polar surface area (TPSA) is 92.6 Å². The number of alkyl halides is 6. The van der Waals surface area contributed by atoms with E-state index in [0.717, 1.165) is 24.4 Å². The van der Waals surface area contributed by atoms with Crippen LogP contribution in [0.3, 0.4) is 0 Å². The predicted octanol–water partition coefficient (Wildman–Crippen LogP) is 8.39. The third-order valence-electron chi connectivity index (χ3n) is 9.22. The fourth-order valence-electron chi connectivity index (χ4n) is 7.25. The van der Waals surface area contributed by atoms with E-state index in [9.17, 15) is 41.0 Å². The number of rotatable bonds is 6. The number of methoxy groups -OCH3 is 1. The van der Waals surface area contributed by atoms with E-state index in [1.165, 1.54) is 42.5 Å². The highest BCUT2D eigenvalue weighted by molar-refractivity contribution is 5.90. The maximum atomic E-state index is 14.1. The van der Waals surface area contributed by atoms with E-state index in [1.807, 2.05) is 0 Å². The summed E-state index contributed by atoms with van der Waals surface area (Å²) in [5.74, 6) is -1.94. The molecule has 3 atom stereocenters. The van der Waals surface area contributed by atoms with E-state index >= 15 is 0 Å². The normalized spacial score (nSPS) is 19.5. The maximum Gasteiger partial charge on any atom is 0.433 e. The Balaban J connectivity index is 1.47. The predicted molar refractivity (Wildman–Crippen MR) is 162 cm³/mol. The lowest BCUT2D eigenvalue weighted by molar-refractivity contribution is -0.141.